The van der Waals surface area contributed by atoms with Crippen molar-refractivity contribution in [2.75, 3.05) is 0 Å². The van der Waals surface area contributed by atoms with Gasteiger partial charge in [-0.15, -0.1) is 11.3 Å². The van der Waals surface area contributed by atoms with E-state index in [-0.39, 0.29) is 6.42 Å². The highest BCUT2D eigenvalue weighted by atomic mass is 35.5. The van der Waals surface area contributed by atoms with Crippen LogP contribution in [0, 0.1) is 15.9 Å². The number of ether oxygens (including phenoxy) is 1. The minimum atomic E-state index is -0.783. The molecule has 9 heteroatoms. The average molecular weight is 393 g/mol. The van der Waals surface area contributed by atoms with Crippen LogP contribution in [-0.2, 0) is 11.2 Å². The minimum Gasteiger partial charge on any atom is -0.419 e. The number of hydrogen-bond acceptors (Lipinski definition) is 6. The first-order chi connectivity index (χ1) is 12.4. The molecule has 132 valence electrons. The summed E-state index contributed by atoms with van der Waals surface area (Å²) in [6.07, 6.45) is -0.214. The van der Waals surface area contributed by atoms with Gasteiger partial charge >= 0.3 is 11.7 Å². The molecule has 1 heterocycles. The van der Waals surface area contributed by atoms with Gasteiger partial charge in [0, 0.05) is 23.1 Å². The molecule has 6 nitrogen and oxygen atoms in total. The van der Waals surface area contributed by atoms with Crippen molar-refractivity contribution in [2.24, 2.45) is 0 Å². The standard InChI is InChI=1S/C17H10ClFN2O4S/c18-13-4-2-1-3-12(13)17-20-11(9-26-17)8-16(22)25-15-7-10(19)5-6-14(15)21(23)24/h1-7,9H,8H2. The third-order valence-corrected chi connectivity index (χ3v) is 4.58. The topological polar surface area (TPSA) is 82.3 Å². The van der Waals surface area contributed by atoms with Crippen LogP contribution in [0.1, 0.15) is 5.69 Å². The highest BCUT2D eigenvalue weighted by molar-refractivity contribution is 7.13. The molecule has 0 atom stereocenters. The van der Waals surface area contributed by atoms with Crippen LogP contribution in [-0.4, -0.2) is 15.9 Å². The second-order valence-corrected chi connectivity index (χ2v) is 6.41. The molecular formula is C17H10ClFN2O4S. The fourth-order valence-corrected chi connectivity index (χ4v) is 3.31. The van der Waals surface area contributed by atoms with Gasteiger partial charge in [0.25, 0.3) is 0 Å². The molecule has 1 aromatic heterocycles. The van der Waals surface area contributed by atoms with Gasteiger partial charge < -0.3 is 4.74 Å². The SMILES string of the molecule is O=C(Cc1csc(-c2ccccc2Cl)n1)Oc1cc(F)ccc1[N+](=O)[O-]. The molecule has 0 aliphatic rings. The molecule has 0 spiro atoms. The third-order valence-electron chi connectivity index (χ3n) is 3.32. The van der Waals surface area contributed by atoms with Crippen LogP contribution < -0.4 is 4.74 Å². The number of halogens is 2. The lowest BCUT2D eigenvalue weighted by Gasteiger charge is -2.04. The summed E-state index contributed by atoms with van der Waals surface area (Å²) in [5.74, 6) is -1.97. The molecule has 3 rings (SSSR count). The van der Waals surface area contributed by atoms with E-state index in [0.717, 1.165) is 23.8 Å². The second-order valence-electron chi connectivity index (χ2n) is 5.14. The zero-order chi connectivity index (χ0) is 18.7. The number of hydrogen-bond donors (Lipinski definition) is 0. The van der Waals surface area contributed by atoms with Crippen molar-refractivity contribution in [1.82, 2.24) is 4.98 Å². The van der Waals surface area contributed by atoms with E-state index in [2.05, 4.69) is 4.98 Å². The van der Waals surface area contributed by atoms with Crippen molar-refractivity contribution in [3.05, 3.63) is 74.5 Å². The number of aromatic nitrogens is 1. The molecule has 0 bridgehead atoms. The summed E-state index contributed by atoms with van der Waals surface area (Å²) in [5, 5.41) is 13.8. The fourth-order valence-electron chi connectivity index (χ4n) is 2.17. The average Bonchev–Trinajstić information content (AvgIpc) is 3.03. The number of nitro benzene ring substituents is 1. The first kappa shape index (κ1) is 18.0. The molecule has 2 aromatic carbocycles. The van der Waals surface area contributed by atoms with Crippen molar-refractivity contribution in [3.8, 4) is 16.3 Å². The lowest BCUT2D eigenvalue weighted by Crippen LogP contribution is -2.12. The quantitative estimate of drug-likeness (QED) is 0.273. The summed E-state index contributed by atoms with van der Waals surface area (Å²) in [7, 11) is 0. The second kappa shape index (κ2) is 7.59. The molecule has 0 fully saturated rings. The van der Waals surface area contributed by atoms with Gasteiger partial charge in [-0.05, 0) is 12.1 Å². The fraction of sp³-hybridized carbons (Fsp3) is 0.0588. The smallest absolute Gasteiger partial charge is 0.317 e. The van der Waals surface area contributed by atoms with Crippen molar-refractivity contribution < 1.29 is 18.8 Å². The summed E-state index contributed by atoms with van der Waals surface area (Å²) < 4.78 is 18.2. The molecule has 0 aliphatic heterocycles. The zero-order valence-electron chi connectivity index (χ0n) is 13.0. The van der Waals surface area contributed by atoms with E-state index < -0.39 is 28.1 Å². The molecule has 0 unspecified atom stereocenters. The van der Waals surface area contributed by atoms with Gasteiger partial charge in [0.1, 0.15) is 10.8 Å². The Kier molecular flexibility index (Phi) is 5.24. The van der Waals surface area contributed by atoms with Gasteiger partial charge in [-0.3, -0.25) is 14.9 Å². The van der Waals surface area contributed by atoms with E-state index in [1.807, 2.05) is 6.07 Å². The number of carbonyl (C=O) groups excluding carboxylic acids is 1. The Morgan fingerprint density at radius 2 is 2.08 bits per heavy atom. The summed E-state index contributed by atoms with van der Waals surface area (Å²) in [6.45, 7) is 0. The number of rotatable bonds is 5. The van der Waals surface area contributed by atoms with E-state index in [9.17, 15) is 19.3 Å². The maximum absolute atomic E-state index is 13.3. The molecule has 0 amide bonds. The Morgan fingerprint density at radius 1 is 1.31 bits per heavy atom. The number of thiazole rings is 1. The molecule has 0 saturated carbocycles. The molecule has 26 heavy (non-hydrogen) atoms. The van der Waals surface area contributed by atoms with Gasteiger partial charge in [0.15, 0.2) is 0 Å². The largest absolute Gasteiger partial charge is 0.419 e. The van der Waals surface area contributed by atoms with Crippen LogP contribution in [0.15, 0.2) is 47.8 Å². The van der Waals surface area contributed by atoms with Crippen LogP contribution in [0.4, 0.5) is 10.1 Å². The van der Waals surface area contributed by atoms with Crippen LogP contribution >= 0.6 is 22.9 Å². The Labute approximate surface area is 156 Å². The Morgan fingerprint density at radius 3 is 2.81 bits per heavy atom. The Balaban J connectivity index is 1.75. The van der Waals surface area contributed by atoms with Crippen LogP contribution in [0.5, 0.6) is 5.75 Å². The maximum Gasteiger partial charge on any atom is 0.317 e. The summed E-state index contributed by atoms with van der Waals surface area (Å²) in [5.41, 5.74) is 0.670. The summed E-state index contributed by atoms with van der Waals surface area (Å²) in [4.78, 5) is 26.6. The van der Waals surface area contributed by atoms with Crippen molar-refractivity contribution >= 4 is 34.6 Å². The highest BCUT2D eigenvalue weighted by Gasteiger charge is 2.20. The van der Waals surface area contributed by atoms with E-state index in [4.69, 9.17) is 16.3 Å². The Hall–Kier alpha value is -2.84. The highest BCUT2D eigenvalue weighted by Crippen LogP contribution is 2.31. The maximum atomic E-state index is 13.3. The lowest BCUT2D eigenvalue weighted by molar-refractivity contribution is -0.385. The molecular weight excluding hydrogens is 383 g/mol. The van der Waals surface area contributed by atoms with Gasteiger partial charge in [0.2, 0.25) is 5.75 Å². The van der Waals surface area contributed by atoms with Gasteiger partial charge in [0.05, 0.1) is 22.1 Å². The van der Waals surface area contributed by atoms with Crippen molar-refractivity contribution in [1.29, 1.82) is 0 Å². The molecule has 3 aromatic rings. The molecule has 0 N–H and O–H groups in total. The van der Waals surface area contributed by atoms with E-state index in [1.54, 1.807) is 23.6 Å². The monoisotopic (exact) mass is 392 g/mol. The number of benzene rings is 2. The number of nitrogens with zero attached hydrogens (tertiary/aromatic N) is 2. The lowest BCUT2D eigenvalue weighted by atomic mass is 10.2. The van der Waals surface area contributed by atoms with Crippen molar-refractivity contribution in [3.63, 3.8) is 0 Å². The van der Waals surface area contributed by atoms with Gasteiger partial charge in [-0.2, -0.15) is 0 Å². The first-order valence-electron chi connectivity index (χ1n) is 7.28. The molecule has 0 saturated heterocycles. The van der Waals surface area contributed by atoms with E-state index in [1.165, 1.54) is 11.3 Å². The zero-order valence-corrected chi connectivity index (χ0v) is 14.6. The predicted octanol–water partition coefficient (Wildman–Crippen LogP) is 4.66. The number of carbonyl (C=O) groups is 1. The van der Waals surface area contributed by atoms with Crippen molar-refractivity contribution in [2.45, 2.75) is 6.42 Å². The predicted molar refractivity (Wildman–Crippen MR) is 95.0 cm³/mol. The van der Waals surface area contributed by atoms with Gasteiger partial charge in [-0.1, -0.05) is 29.8 Å². The first-order valence-corrected chi connectivity index (χ1v) is 8.53. The molecule has 0 radical (unpaired) electrons. The van der Waals surface area contributed by atoms with Crippen LogP contribution in [0.3, 0.4) is 0 Å². The minimum absolute atomic E-state index is 0.214. The van der Waals surface area contributed by atoms with E-state index >= 15 is 0 Å². The third kappa shape index (κ3) is 4.04. The summed E-state index contributed by atoms with van der Waals surface area (Å²) in [6, 6.07) is 9.81. The van der Waals surface area contributed by atoms with Gasteiger partial charge in [-0.25, -0.2) is 9.37 Å². The molecule has 0 aliphatic carbocycles. The summed E-state index contributed by atoms with van der Waals surface area (Å²) >= 11 is 7.42. The number of esters is 1. The van der Waals surface area contributed by atoms with E-state index in [0.29, 0.717) is 15.7 Å². The Bertz CT molecular complexity index is 992. The normalized spacial score (nSPS) is 10.5. The van der Waals surface area contributed by atoms with Crippen LogP contribution in [0.2, 0.25) is 5.02 Å². The van der Waals surface area contributed by atoms with Crippen LogP contribution in [0.25, 0.3) is 10.6 Å². The number of nitro groups is 1.